The van der Waals surface area contributed by atoms with Gasteiger partial charge in [-0.2, -0.15) is 10.5 Å². The van der Waals surface area contributed by atoms with Gasteiger partial charge in [-0.3, -0.25) is 0 Å². The largest absolute Gasteiger partial charge is 0.181 e. The molecule has 3 heteroatoms. The number of hydrogen-bond acceptors (Lipinski definition) is 2. The Kier molecular flexibility index (Phi) is 6.64. The lowest BCUT2D eigenvalue weighted by Gasteiger charge is -1.88. The van der Waals surface area contributed by atoms with Gasteiger partial charge in [0.2, 0.25) is 0 Å². The first-order valence-electron chi connectivity index (χ1n) is 3.23. The lowest BCUT2D eigenvalue weighted by Crippen LogP contribution is -1.71. The van der Waals surface area contributed by atoms with Gasteiger partial charge in [0.15, 0.2) is 12.1 Å². The fourth-order valence-electron chi connectivity index (χ4n) is 0.567. The van der Waals surface area contributed by atoms with Gasteiger partial charge in [-0.05, 0) is 5.56 Å². The molecule has 1 aromatic rings. The van der Waals surface area contributed by atoms with Crippen molar-refractivity contribution in [2.75, 3.05) is 0 Å². The zero-order valence-electron chi connectivity index (χ0n) is 6.37. The van der Waals surface area contributed by atoms with Crippen LogP contribution >= 0.6 is 11.6 Å². The van der Waals surface area contributed by atoms with Crippen LogP contribution in [0.25, 0.3) is 0 Å². The molecule has 1 rings (SSSR count). The molecule has 60 valence electrons. The fraction of sp³-hybridized carbons (Fsp3) is 0.111. The van der Waals surface area contributed by atoms with Crippen LogP contribution in [0.2, 0.25) is 0 Å². The topological polar surface area (TPSA) is 47.6 Å². The van der Waals surface area contributed by atoms with E-state index in [1.807, 2.05) is 30.3 Å². The zero-order valence-corrected chi connectivity index (χ0v) is 7.12. The molecule has 1 aromatic carbocycles. The number of nitrogens with zero attached hydrogens (tertiary/aromatic N) is 2. The molecule has 0 radical (unpaired) electrons. The van der Waals surface area contributed by atoms with E-state index in [4.69, 9.17) is 22.1 Å². The first kappa shape index (κ1) is 10.5. The summed E-state index contributed by atoms with van der Waals surface area (Å²) in [6.07, 6.45) is 0. The summed E-state index contributed by atoms with van der Waals surface area (Å²) >= 11 is 5.53. The summed E-state index contributed by atoms with van der Waals surface area (Å²) in [5, 5.41) is 14.5. The average Bonchev–Trinajstić information content (AvgIpc) is 2.19. The number of rotatable bonds is 1. The molecular formula is C9H7ClN2. The molecule has 0 aliphatic carbocycles. The van der Waals surface area contributed by atoms with Crippen molar-refractivity contribution in [3.63, 3.8) is 0 Å². The van der Waals surface area contributed by atoms with Gasteiger partial charge >= 0.3 is 0 Å². The van der Waals surface area contributed by atoms with E-state index in [-0.39, 0.29) is 0 Å². The quantitative estimate of drug-likeness (QED) is 0.621. The van der Waals surface area contributed by atoms with E-state index in [9.17, 15) is 0 Å². The average molecular weight is 179 g/mol. The summed E-state index contributed by atoms with van der Waals surface area (Å²) in [5.41, 5.74) is 1.18. The highest BCUT2D eigenvalue weighted by Crippen LogP contribution is 2.00. The van der Waals surface area contributed by atoms with E-state index < -0.39 is 0 Å². The van der Waals surface area contributed by atoms with Gasteiger partial charge in [-0.1, -0.05) is 30.3 Å². The first-order valence-corrected chi connectivity index (χ1v) is 3.76. The van der Waals surface area contributed by atoms with Gasteiger partial charge in [-0.15, -0.1) is 11.6 Å². The second-order valence-electron chi connectivity index (χ2n) is 1.84. The van der Waals surface area contributed by atoms with Gasteiger partial charge in [0.25, 0.3) is 0 Å². The summed E-state index contributed by atoms with van der Waals surface area (Å²) in [4.78, 5) is 0. The van der Waals surface area contributed by atoms with Crippen LogP contribution in [0.15, 0.2) is 30.3 Å². The molecule has 0 heterocycles. The number of alkyl halides is 1. The monoisotopic (exact) mass is 178 g/mol. The minimum Gasteiger partial charge on any atom is -0.181 e. The summed E-state index contributed by atoms with van der Waals surface area (Å²) < 4.78 is 0. The highest BCUT2D eigenvalue weighted by molar-refractivity contribution is 6.17. The molecule has 0 aliphatic heterocycles. The number of benzene rings is 1. The Bertz CT molecular complexity index is 270. The molecule has 0 atom stereocenters. The molecule has 0 amide bonds. The standard InChI is InChI=1S/C7H7Cl.C2N2/c8-6-7-4-2-1-3-5-7;3-1-2-4/h1-5H,6H2;. The predicted octanol–water partition coefficient (Wildman–Crippen LogP) is 2.46. The van der Waals surface area contributed by atoms with Crippen LogP contribution < -0.4 is 0 Å². The van der Waals surface area contributed by atoms with Crippen LogP contribution in [-0.4, -0.2) is 0 Å². The van der Waals surface area contributed by atoms with Gasteiger partial charge in [-0.25, -0.2) is 0 Å². The van der Waals surface area contributed by atoms with Crippen LogP contribution in [0.4, 0.5) is 0 Å². The molecule has 0 saturated carbocycles. The van der Waals surface area contributed by atoms with Crippen molar-refractivity contribution in [1.82, 2.24) is 0 Å². The Morgan fingerprint density at radius 2 is 1.58 bits per heavy atom. The third-order valence-corrected chi connectivity index (χ3v) is 1.36. The minimum atomic E-state index is 0.612. The van der Waals surface area contributed by atoms with E-state index >= 15 is 0 Å². The smallest absolute Gasteiger partial charge is 0.181 e. The van der Waals surface area contributed by atoms with Crippen LogP contribution in [0.1, 0.15) is 5.56 Å². The van der Waals surface area contributed by atoms with Gasteiger partial charge in [0.05, 0.1) is 0 Å². The molecule has 0 fully saturated rings. The molecule has 12 heavy (non-hydrogen) atoms. The molecule has 0 aliphatic rings. The minimum absolute atomic E-state index is 0.612. The normalized spacial score (nSPS) is 6.92. The highest BCUT2D eigenvalue weighted by Gasteiger charge is 1.81. The van der Waals surface area contributed by atoms with E-state index in [2.05, 4.69) is 0 Å². The lowest BCUT2D eigenvalue weighted by molar-refractivity contribution is 1.41. The maximum atomic E-state index is 7.26. The maximum absolute atomic E-state index is 7.26. The molecule has 0 unspecified atom stereocenters. The van der Waals surface area contributed by atoms with Crippen molar-refractivity contribution in [3.8, 4) is 12.1 Å². The Labute approximate surface area is 76.6 Å². The molecule has 0 saturated heterocycles. The van der Waals surface area contributed by atoms with Gasteiger partial charge in [0.1, 0.15) is 0 Å². The van der Waals surface area contributed by atoms with Crippen molar-refractivity contribution in [2.24, 2.45) is 0 Å². The van der Waals surface area contributed by atoms with E-state index in [0.29, 0.717) is 5.88 Å². The van der Waals surface area contributed by atoms with Crippen molar-refractivity contribution < 1.29 is 0 Å². The fourth-order valence-corrected chi connectivity index (χ4v) is 0.745. The molecule has 0 bridgehead atoms. The predicted molar refractivity (Wildman–Crippen MR) is 47.2 cm³/mol. The molecular weight excluding hydrogens is 172 g/mol. The van der Waals surface area contributed by atoms with Crippen LogP contribution in [-0.2, 0) is 5.88 Å². The van der Waals surface area contributed by atoms with Crippen LogP contribution in [0.3, 0.4) is 0 Å². The number of nitriles is 2. The zero-order chi connectivity index (χ0) is 9.23. The van der Waals surface area contributed by atoms with Crippen LogP contribution in [0, 0.1) is 22.7 Å². The van der Waals surface area contributed by atoms with Gasteiger partial charge < -0.3 is 0 Å². The van der Waals surface area contributed by atoms with Crippen molar-refractivity contribution in [3.05, 3.63) is 35.9 Å². The molecule has 0 aromatic heterocycles. The Morgan fingerprint density at radius 3 is 1.83 bits per heavy atom. The molecule has 0 N–H and O–H groups in total. The Hall–Kier alpha value is -1.51. The number of halogens is 1. The van der Waals surface area contributed by atoms with E-state index in [1.165, 1.54) is 17.7 Å². The third-order valence-electron chi connectivity index (χ3n) is 1.05. The van der Waals surface area contributed by atoms with E-state index in [0.717, 1.165) is 0 Å². The van der Waals surface area contributed by atoms with Gasteiger partial charge in [0, 0.05) is 5.88 Å². The molecule has 2 nitrogen and oxygen atoms in total. The van der Waals surface area contributed by atoms with Crippen LogP contribution in [0.5, 0.6) is 0 Å². The summed E-state index contributed by atoms with van der Waals surface area (Å²) in [7, 11) is 0. The highest BCUT2D eigenvalue weighted by atomic mass is 35.5. The molecule has 0 spiro atoms. The Balaban J connectivity index is 0.000000261. The van der Waals surface area contributed by atoms with Crippen molar-refractivity contribution >= 4 is 11.6 Å². The van der Waals surface area contributed by atoms with Crippen molar-refractivity contribution in [2.45, 2.75) is 5.88 Å². The maximum Gasteiger partial charge on any atom is 0.181 e. The summed E-state index contributed by atoms with van der Waals surface area (Å²) in [6.45, 7) is 0. The van der Waals surface area contributed by atoms with E-state index in [1.54, 1.807) is 0 Å². The first-order chi connectivity index (χ1) is 5.85. The second kappa shape index (κ2) is 7.60. The number of hydrogen-bond donors (Lipinski definition) is 0. The Morgan fingerprint density at radius 1 is 1.08 bits per heavy atom. The summed E-state index contributed by atoms with van der Waals surface area (Å²) in [5.74, 6) is 0.612. The second-order valence-corrected chi connectivity index (χ2v) is 2.11. The van der Waals surface area contributed by atoms with Crippen molar-refractivity contribution in [1.29, 1.82) is 10.5 Å². The SMILES string of the molecule is ClCc1ccccc1.N#CC#N. The third kappa shape index (κ3) is 5.29. The summed E-state index contributed by atoms with van der Waals surface area (Å²) in [6, 6.07) is 12.4. The lowest BCUT2D eigenvalue weighted by atomic mass is 10.2.